The highest BCUT2D eigenvalue weighted by Crippen LogP contribution is 2.39. The fraction of sp³-hybridized carbons (Fsp3) is 0.520. The number of para-hydroxylation sites is 1. The Morgan fingerprint density at radius 3 is 2.58 bits per heavy atom. The van der Waals surface area contributed by atoms with E-state index >= 15 is 0 Å². The molecule has 1 atom stereocenters. The van der Waals surface area contributed by atoms with Crippen molar-refractivity contribution in [1.82, 2.24) is 19.8 Å². The number of carbonyl (C=O) groups is 3. The van der Waals surface area contributed by atoms with Gasteiger partial charge in [-0.05, 0) is 50.7 Å². The molecule has 2 aromatic rings. The summed E-state index contributed by atoms with van der Waals surface area (Å²) < 4.78 is 1.68. The molecule has 0 bridgehead atoms. The lowest BCUT2D eigenvalue weighted by Gasteiger charge is -2.44. The van der Waals surface area contributed by atoms with E-state index in [2.05, 4.69) is 15.6 Å². The molecule has 0 spiro atoms. The zero-order valence-corrected chi connectivity index (χ0v) is 19.3. The van der Waals surface area contributed by atoms with Gasteiger partial charge in [0.15, 0.2) is 5.69 Å². The van der Waals surface area contributed by atoms with Crippen LogP contribution in [-0.2, 0) is 17.8 Å². The highest BCUT2D eigenvalue weighted by molar-refractivity contribution is 6.12. The molecule has 1 unspecified atom stereocenters. The number of hydrogen-bond donors (Lipinski definition) is 2. The molecule has 8 heteroatoms. The molecular weight excluding hydrogens is 418 g/mol. The van der Waals surface area contributed by atoms with Crippen LogP contribution in [0.5, 0.6) is 0 Å². The maximum atomic E-state index is 13.7. The second kappa shape index (κ2) is 8.32. The smallest absolute Gasteiger partial charge is 0.276 e. The number of carbonyl (C=O) groups excluding carboxylic acids is 3. The van der Waals surface area contributed by atoms with Gasteiger partial charge in [0.05, 0.1) is 12.9 Å². The Morgan fingerprint density at radius 2 is 1.88 bits per heavy atom. The van der Waals surface area contributed by atoms with Crippen molar-refractivity contribution in [3.63, 3.8) is 0 Å². The van der Waals surface area contributed by atoms with Gasteiger partial charge < -0.3 is 20.1 Å². The van der Waals surface area contributed by atoms with Crippen LogP contribution in [0.3, 0.4) is 0 Å². The molecule has 3 amide bonds. The van der Waals surface area contributed by atoms with Crippen molar-refractivity contribution < 1.29 is 14.4 Å². The van der Waals surface area contributed by atoms with Gasteiger partial charge in [-0.2, -0.15) is 0 Å². The monoisotopic (exact) mass is 449 g/mol. The summed E-state index contributed by atoms with van der Waals surface area (Å²) in [5.74, 6) is -0.816. The van der Waals surface area contributed by atoms with E-state index in [0.717, 1.165) is 56.2 Å². The second-order valence-corrected chi connectivity index (χ2v) is 9.67. The van der Waals surface area contributed by atoms with E-state index < -0.39 is 11.4 Å². The predicted molar refractivity (Wildman–Crippen MR) is 124 cm³/mol. The van der Waals surface area contributed by atoms with E-state index in [9.17, 15) is 14.4 Å². The average Bonchev–Trinajstić information content (AvgIpc) is 3.31. The molecule has 1 aromatic carbocycles. The summed E-state index contributed by atoms with van der Waals surface area (Å²) in [7, 11) is 0. The van der Waals surface area contributed by atoms with Gasteiger partial charge in [-0.1, -0.05) is 38.0 Å². The molecule has 2 saturated carbocycles. The first-order valence-electron chi connectivity index (χ1n) is 12.0. The van der Waals surface area contributed by atoms with Crippen LogP contribution in [0, 0.1) is 0 Å². The maximum absolute atomic E-state index is 13.7. The van der Waals surface area contributed by atoms with Gasteiger partial charge >= 0.3 is 0 Å². The largest absolute Gasteiger partial charge is 0.351 e. The summed E-state index contributed by atoms with van der Waals surface area (Å²) >= 11 is 0. The van der Waals surface area contributed by atoms with E-state index in [1.807, 2.05) is 38.1 Å². The topological polar surface area (TPSA) is 96.3 Å². The first kappa shape index (κ1) is 21.7. The fourth-order valence-electron chi connectivity index (χ4n) is 5.26. The minimum absolute atomic E-state index is 0.0252. The molecular formula is C25H31N5O3. The summed E-state index contributed by atoms with van der Waals surface area (Å²) in [6.45, 7) is 4.15. The van der Waals surface area contributed by atoms with Crippen LogP contribution >= 0.6 is 0 Å². The van der Waals surface area contributed by atoms with Crippen LogP contribution in [0.1, 0.15) is 78.9 Å². The highest BCUT2D eigenvalue weighted by atomic mass is 16.2. The number of aryl methyl sites for hydroxylation is 1. The van der Waals surface area contributed by atoms with Crippen molar-refractivity contribution in [2.75, 3.05) is 5.32 Å². The second-order valence-electron chi connectivity index (χ2n) is 9.67. The summed E-state index contributed by atoms with van der Waals surface area (Å²) in [5.41, 5.74) is 1.10. The molecule has 2 heterocycles. The van der Waals surface area contributed by atoms with E-state index in [-0.39, 0.29) is 41.8 Å². The number of imidazole rings is 1. The minimum atomic E-state index is -1.00. The third kappa shape index (κ3) is 3.81. The van der Waals surface area contributed by atoms with Crippen LogP contribution in [0.4, 0.5) is 5.69 Å². The lowest BCUT2D eigenvalue weighted by Crippen LogP contribution is -2.65. The van der Waals surface area contributed by atoms with Crippen molar-refractivity contribution in [1.29, 1.82) is 0 Å². The molecule has 2 aliphatic carbocycles. The van der Waals surface area contributed by atoms with Gasteiger partial charge in [-0.15, -0.1) is 0 Å². The van der Waals surface area contributed by atoms with Crippen molar-refractivity contribution in [3.8, 4) is 0 Å². The average molecular weight is 450 g/mol. The summed E-state index contributed by atoms with van der Waals surface area (Å²) in [4.78, 5) is 46.3. The number of aromatic nitrogens is 2. The van der Waals surface area contributed by atoms with Gasteiger partial charge in [0, 0.05) is 17.8 Å². The SMILES string of the molecule is CCc1ccccc1NC(=O)c1ncn2c1C(=O)N(C1CC1)C(C)(C(=O)NC1CCCC1)C2. The predicted octanol–water partition coefficient (Wildman–Crippen LogP) is 3.13. The molecule has 5 rings (SSSR count). The van der Waals surface area contributed by atoms with Crippen LogP contribution in [0.2, 0.25) is 0 Å². The van der Waals surface area contributed by atoms with Crippen LogP contribution in [0.25, 0.3) is 0 Å². The first-order chi connectivity index (χ1) is 15.9. The van der Waals surface area contributed by atoms with Crippen molar-refractivity contribution in [2.24, 2.45) is 0 Å². The quantitative estimate of drug-likeness (QED) is 0.708. The standard InChI is InChI=1S/C25H31N5O3/c1-3-16-8-4-7-11-19(16)28-22(31)20-21-23(32)30(18-12-13-18)25(2,14-29(21)15-26-20)24(33)27-17-9-5-6-10-17/h4,7-8,11,15,17-18H,3,5-6,9-10,12-14H2,1-2H3,(H,27,33)(H,28,31). The highest BCUT2D eigenvalue weighted by Gasteiger charge is 2.54. The molecule has 1 aliphatic heterocycles. The molecule has 174 valence electrons. The van der Waals surface area contributed by atoms with Gasteiger partial charge in [0.25, 0.3) is 11.8 Å². The Morgan fingerprint density at radius 1 is 1.15 bits per heavy atom. The molecule has 33 heavy (non-hydrogen) atoms. The number of nitrogens with one attached hydrogen (secondary N) is 2. The molecule has 8 nitrogen and oxygen atoms in total. The zero-order chi connectivity index (χ0) is 23.2. The number of hydrogen-bond acceptors (Lipinski definition) is 4. The third-order valence-corrected chi connectivity index (χ3v) is 7.22. The maximum Gasteiger partial charge on any atom is 0.276 e. The first-order valence-corrected chi connectivity index (χ1v) is 12.0. The van der Waals surface area contributed by atoms with E-state index in [1.54, 1.807) is 9.47 Å². The van der Waals surface area contributed by atoms with Crippen LogP contribution in [0.15, 0.2) is 30.6 Å². The zero-order valence-electron chi connectivity index (χ0n) is 19.3. The minimum Gasteiger partial charge on any atom is -0.351 e. The number of amides is 3. The van der Waals surface area contributed by atoms with Gasteiger partial charge in [-0.25, -0.2) is 4.98 Å². The molecule has 0 saturated heterocycles. The Hall–Kier alpha value is -3.16. The Labute approximate surface area is 193 Å². The number of fused-ring (bicyclic) bond motifs is 1. The van der Waals surface area contributed by atoms with Crippen molar-refractivity contribution >= 4 is 23.4 Å². The molecule has 1 aromatic heterocycles. The van der Waals surface area contributed by atoms with Gasteiger partial charge in [0.2, 0.25) is 5.91 Å². The van der Waals surface area contributed by atoms with E-state index in [0.29, 0.717) is 0 Å². The molecule has 2 fully saturated rings. The van der Waals surface area contributed by atoms with Gasteiger partial charge in [0.1, 0.15) is 11.2 Å². The summed E-state index contributed by atoms with van der Waals surface area (Å²) in [6, 6.07) is 7.81. The third-order valence-electron chi connectivity index (χ3n) is 7.22. The lowest BCUT2D eigenvalue weighted by molar-refractivity contribution is -0.134. The molecule has 3 aliphatic rings. The normalized spacial score (nSPS) is 22.8. The van der Waals surface area contributed by atoms with Gasteiger partial charge in [-0.3, -0.25) is 14.4 Å². The molecule has 0 radical (unpaired) electrons. The Bertz CT molecular complexity index is 1100. The number of nitrogens with zero attached hydrogens (tertiary/aromatic N) is 3. The fourth-order valence-corrected chi connectivity index (χ4v) is 5.26. The lowest BCUT2D eigenvalue weighted by atomic mass is 9.93. The molecule has 2 N–H and O–H groups in total. The Kier molecular flexibility index (Phi) is 5.46. The van der Waals surface area contributed by atoms with E-state index in [1.165, 1.54) is 6.33 Å². The van der Waals surface area contributed by atoms with E-state index in [4.69, 9.17) is 0 Å². The number of rotatable bonds is 6. The number of benzene rings is 1. The summed E-state index contributed by atoms with van der Waals surface area (Å²) in [6.07, 6.45) is 8.25. The number of anilines is 1. The van der Waals surface area contributed by atoms with Crippen molar-refractivity contribution in [3.05, 3.63) is 47.5 Å². The Balaban J connectivity index is 1.44. The van der Waals surface area contributed by atoms with Crippen LogP contribution < -0.4 is 10.6 Å². The van der Waals surface area contributed by atoms with Crippen molar-refractivity contribution in [2.45, 2.75) is 83.0 Å². The summed E-state index contributed by atoms with van der Waals surface area (Å²) in [5, 5.41) is 6.10. The van der Waals surface area contributed by atoms with Crippen LogP contribution in [-0.4, -0.2) is 49.8 Å².